The highest BCUT2D eigenvalue weighted by atomic mass is 16.5. The Kier molecular flexibility index (Phi) is 5.74. The smallest absolute Gasteiger partial charge is 0.255 e. The van der Waals surface area contributed by atoms with Crippen molar-refractivity contribution < 1.29 is 23.7 Å². The minimum atomic E-state index is -0.261. The van der Waals surface area contributed by atoms with Crippen molar-refractivity contribution in [1.29, 1.82) is 0 Å². The molecule has 2 aromatic carbocycles. The highest BCUT2D eigenvalue weighted by Crippen LogP contribution is 2.38. The molecule has 1 amide bonds. The number of carbonyl (C=O) groups excluding carboxylic acids is 1. The third-order valence-corrected chi connectivity index (χ3v) is 4.27. The first-order valence-corrected chi connectivity index (χ1v) is 9.14. The van der Waals surface area contributed by atoms with E-state index in [1.807, 2.05) is 32.9 Å². The molecule has 0 saturated heterocycles. The molecular formula is C21H25NO5. The molecule has 0 radical (unpaired) electrons. The molecule has 0 spiro atoms. The molecule has 1 aliphatic rings. The predicted octanol–water partition coefficient (Wildman–Crippen LogP) is 4.07. The van der Waals surface area contributed by atoms with Crippen molar-refractivity contribution in [3.63, 3.8) is 0 Å². The Balaban J connectivity index is 1.86. The van der Waals surface area contributed by atoms with Crippen LogP contribution in [0.15, 0.2) is 30.3 Å². The van der Waals surface area contributed by atoms with Gasteiger partial charge in [-0.15, -0.1) is 0 Å². The zero-order chi connectivity index (χ0) is 19.4. The summed E-state index contributed by atoms with van der Waals surface area (Å²) in [6, 6.07) is 8.86. The minimum absolute atomic E-state index is 0.121. The summed E-state index contributed by atoms with van der Waals surface area (Å²) in [5.41, 5.74) is 2.14. The molecule has 1 heterocycles. The molecule has 3 rings (SSSR count). The number of rotatable bonds is 7. The average molecular weight is 371 g/mol. The number of nitrogens with one attached hydrogen (secondary N) is 1. The Hall–Kier alpha value is -2.89. The number of methoxy groups -OCH3 is 1. The molecule has 0 aromatic heterocycles. The van der Waals surface area contributed by atoms with Crippen molar-refractivity contribution in [3.05, 3.63) is 41.5 Å². The molecular weight excluding hydrogens is 346 g/mol. The molecule has 0 saturated carbocycles. The minimum Gasteiger partial charge on any atom is -0.493 e. The second kappa shape index (κ2) is 8.20. The Morgan fingerprint density at radius 3 is 2.56 bits per heavy atom. The molecule has 2 aromatic rings. The van der Waals surface area contributed by atoms with Crippen LogP contribution in [0.25, 0.3) is 0 Å². The fourth-order valence-electron chi connectivity index (χ4n) is 3.09. The molecule has 1 N–H and O–H groups in total. The molecule has 0 aliphatic carbocycles. The molecule has 1 unspecified atom stereocenters. The Morgan fingerprint density at radius 1 is 1.11 bits per heavy atom. The molecule has 6 heteroatoms. The topological polar surface area (TPSA) is 66.0 Å². The van der Waals surface area contributed by atoms with E-state index in [9.17, 15) is 4.79 Å². The van der Waals surface area contributed by atoms with Gasteiger partial charge in [-0.05, 0) is 45.0 Å². The molecule has 0 fully saturated rings. The molecule has 27 heavy (non-hydrogen) atoms. The van der Waals surface area contributed by atoms with Gasteiger partial charge in [-0.25, -0.2) is 0 Å². The first-order chi connectivity index (χ1) is 13.0. The predicted molar refractivity (Wildman–Crippen MR) is 104 cm³/mol. The van der Waals surface area contributed by atoms with Gasteiger partial charge in [0.05, 0.1) is 26.0 Å². The number of carbonyl (C=O) groups is 1. The first kappa shape index (κ1) is 18.9. The van der Waals surface area contributed by atoms with Gasteiger partial charge >= 0.3 is 0 Å². The van der Waals surface area contributed by atoms with Crippen LogP contribution < -0.4 is 24.3 Å². The normalized spacial score (nSPS) is 14.9. The molecule has 144 valence electrons. The summed E-state index contributed by atoms with van der Waals surface area (Å²) in [6.45, 7) is 6.86. The summed E-state index contributed by atoms with van der Waals surface area (Å²) in [4.78, 5) is 12.8. The Morgan fingerprint density at radius 2 is 1.85 bits per heavy atom. The van der Waals surface area contributed by atoms with E-state index in [2.05, 4.69) is 5.32 Å². The van der Waals surface area contributed by atoms with E-state index in [1.165, 1.54) is 0 Å². The van der Waals surface area contributed by atoms with Gasteiger partial charge < -0.3 is 24.3 Å². The van der Waals surface area contributed by atoms with Gasteiger partial charge in [-0.1, -0.05) is 0 Å². The lowest BCUT2D eigenvalue weighted by molar-refractivity contribution is 0.102. The van der Waals surface area contributed by atoms with E-state index in [0.717, 1.165) is 17.7 Å². The fraction of sp³-hybridized carbons (Fsp3) is 0.381. The maximum absolute atomic E-state index is 12.8. The summed E-state index contributed by atoms with van der Waals surface area (Å²) in [5.74, 6) is 2.28. The van der Waals surface area contributed by atoms with E-state index in [0.29, 0.717) is 41.7 Å². The van der Waals surface area contributed by atoms with Crippen molar-refractivity contribution in [2.75, 3.05) is 25.6 Å². The van der Waals surface area contributed by atoms with E-state index in [1.54, 1.807) is 25.3 Å². The van der Waals surface area contributed by atoms with Crippen LogP contribution in [0.1, 0.15) is 36.7 Å². The van der Waals surface area contributed by atoms with Crippen LogP contribution in [0, 0.1) is 0 Å². The van der Waals surface area contributed by atoms with E-state index in [-0.39, 0.29) is 12.0 Å². The number of fused-ring (bicyclic) bond motifs is 1. The van der Waals surface area contributed by atoms with Gasteiger partial charge in [-0.3, -0.25) is 4.79 Å². The first-order valence-electron chi connectivity index (χ1n) is 9.14. The monoisotopic (exact) mass is 371 g/mol. The van der Waals surface area contributed by atoms with Gasteiger partial charge in [0.25, 0.3) is 5.91 Å². The number of anilines is 1. The highest BCUT2D eigenvalue weighted by Gasteiger charge is 2.23. The number of hydrogen-bond acceptors (Lipinski definition) is 5. The van der Waals surface area contributed by atoms with Crippen LogP contribution in [0.4, 0.5) is 5.69 Å². The van der Waals surface area contributed by atoms with Gasteiger partial charge in [0.2, 0.25) is 0 Å². The zero-order valence-electron chi connectivity index (χ0n) is 16.1. The standard InChI is InChI=1S/C21H25NO5/c1-5-25-17-8-7-14(10-20(17)24-4)21(23)22-16-12-18-15(9-13(3)27-18)11-19(16)26-6-2/h7-8,10-13H,5-6,9H2,1-4H3,(H,22,23). The summed E-state index contributed by atoms with van der Waals surface area (Å²) in [6.07, 6.45) is 0.954. The highest BCUT2D eigenvalue weighted by molar-refractivity contribution is 6.05. The average Bonchev–Trinajstić information content (AvgIpc) is 3.01. The lowest BCUT2D eigenvalue weighted by Gasteiger charge is -2.14. The van der Waals surface area contributed by atoms with E-state index >= 15 is 0 Å². The number of amides is 1. The molecule has 1 atom stereocenters. The van der Waals surface area contributed by atoms with Crippen molar-refractivity contribution in [2.45, 2.75) is 33.3 Å². The molecule has 6 nitrogen and oxygen atoms in total. The molecule has 1 aliphatic heterocycles. The third-order valence-electron chi connectivity index (χ3n) is 4.27. The summed E-state index contributed by atoms with van der Waals surface area (Å²) < 4.78 is 22.3. The van der Waals surface area contributed by atoms with Crippen molar-refractivity contribution in [3.8, 4) is 23.0 Å². The summed E-state index contributed by atoms with van der Waals surface area (Å²) in [5, 5.41) is 2.92. The second-order valence-corrected chi connectivity index (χ2v) is 6.27. The number of benzene rings is 2. The fourth-order valence-corrected chi connectivity index (χ4v) is 3.09. The van der Waals surface area contributed by atoms with Crippen LogP contribution in [-0.4, -0.2) is 32.3 Å². The van der Waals surface area contributed by atoms with Crippen LogP contribution in [0.2, 0.25) is 0 Å². The Labute approximate surface area is 159 Å². The van der Waals surface area contributed by atoms with Crippen LogP contribution in [0.5, 0.6) is 23.0 Å². The van der Waals surface area contributed by atoms with Gasteiger partial charge in [0, 0.05) is 23.6 Å². The number of hydrogen-bond donors (Lipinski definition) is 1. The third kappa shape index (κ3) is 4.10. The lowest BCUT2D eigenvalue weighted by Crippen LogP contribution is -2.13. The van der Waals surface area contributed by atoms with Crippen molar-refractivity contribution >= 4 is 11.6 Å². The second-order valence-electron chi connectivity index (χ2n) is 6.27. The maximum atomic E-state index is 12.8. The van der Waals surface area contributed by atoms with Gasteiger partial charge in [-0.2, -0.15) is 0 Å². The van der Waals surface area contributed by atoms with Crippen LogP contribution >= 0.6 is 0 Å². The molecule has 0 bridgehead atoms. The van der Waals surface area contributed by atoms with E-state index < -0.39 is 0 Å². The van der Waals surface area contributed by atoms with Gasteiger partial charge in [0.1, 0.15) is 17.6 Å². The van der Waals surface area contributed by atoms with Crippen LogP contribution in [-0.2, 0) is 6.42 Å². The van der Waals surface area contributed by atoms with Crippen LogP contribution in [0.3, 0.4) is 0 Å². The summed E-state index contributed by atoms with van der Waals surface area (Å²) >= 11 is 0. The largest absolute Gasteiger partial charge is 0.493 e. The summed E-state index contributed by atoms with van der Waals surface area (Å²) in [7, 11) is 1.55. The maximum Gasteiger partial charge on any atom is 0.255 e. The van der Waals surface area contributed by atoms with E-state index in [4.69, 9.17) is 18.9 Å². The number of ether oxygens (including phenoxy) is 4. The lowest BCUT2D eigenvalue weighted by atomic mass is 10.1. The van der Waals surface area contributed by atoms with Crippen molar-refractivity contribution in [1.82, 2.24) is 0 Å². The zero-order valence-corrected chi connectivity index (χ0v) is 16.1. The van der Waals surface area contributed by atoms with Crippen molar-refractivity contribution in [2.24, 2.45) is 0 Å². The quantitative estimate of drug-likeness (QED) is 0.795. The van der Waals surface area contributed by atoms with Gasteiger partial charge in [0.15, 0.2) is 11.5 Å². The Bertz CT molecular complexity index is 834. The SMILES string of the molecule is CCOc1cc2c(cc1NC(=O)c1ccc(OCC)c(OC)c1)OC(C)C2.